The van der Waals surface area contributed by atoms with E-state index in [1.165, 1.54) is 25.7 Å². The third-order valence-electron chi connectivity index (χ3n) is 5.19. The number of amides is 1. The zero-order valence-electron chi connectivity index (χ0n) is 18.0. The highest BCUT2D eigenvalue weighted by Gasteiger charge is 2.12. The molecule has 1 aromatic heterocycles. The molecule has 0 aliphatic heterocycles. The molecule has 0 radical (unpaired) electrons. The fourth-order valence-electron chi connectivity index (χ4n) is 3.36. The number of aryl methyl sites for hydroxylation is 1. The van der Waals surface area contributed by atoms with Crippen LogP contribution in [0.25, 0.3) is 10.4 Å². The largest absolute Gasteiger partial charge is 0.481 e. The van der Waals surface area contributed by atoms with Gasteiger partial charge in [-0.05, 0) is 47.0 Å². The molecule has 0 saturated heterocycles. The first kappa shape index (κ1) is 24.4. The fraction of sp³-hybridized carbons (Fsp3) is 0.500. The molecule has 6 heteroatoms. The van der Waals surface area contributed by atoms with Crippen LogP contribution in [0.3, 0.4) is 0 Å². The van der Waals surface area contributed by atoms with E-state index < -0.39 is 5.97 Å². The first-order chi connectivity index (χ1) is 14.4. The van der Waals surface area contributed by atoms with Gasteiger partial charge in [-0.25, -0.2) is 0 Å². The van der Waals surface area contributed by atoms with Gasteiger partial charge in [-0.1, -0.05) is 62.8 Å². The second-order valence-corrected chi connectivity index (χ2v) is 9.11. The van der Waals surface area contributed by atoms with E-state index in [0.717, 1.165) is 34.4 Å². The van der Waals surface area contributed by atoms with Gasteiger partial charge in [-0.15, -0.1) is 11.3 Å². The van der Waals surface area contributed by atoms with Crippen LogP contribution < -0.4 is 0 Å². The zero-order valence-corrected chi connectivity index (χ0v) is 19.5. The summed E-state index contributed by atoms with van der Waals surface area (Å²) < 4.78 is 0. The number of carboxylic acids is 1. The Hall–Kier alpha value is -1.85. The Morgan fingerprint density at radius 3 is 2.50 bits per heavy atom. The second kappa shape index (κ2) is 12.8. The van der Waals surface area contributed by atoms with Crippen molar-refractivity contribution in [2.24, 2.45) is 0 Å². The van der Waals surface area contributed by atoms with Gasteiger partial charge >= 0.3 is 5.97 Å². The number of thiophene rings is 1. The molecule has 164 valence electrons. The third kappa shape index (κ3) is 8.11. The lowest BCUT2D eigenvalue weighted by molar-refractivity contribution is -0.137. The van der Waals surface area contributed by atoms with E-state index in [9.17, 15) is 9.59 Å². The molecule has 0 atom stereocenters. The van der Waals surface area contributed by atoms with Gasteiger partial charge in [0.2, 0.25) is 5.91 Å². The number of rotatable bonds is 13. The number of halogens is 1. The highest BCUT2D eigenvalue weighted by molar-refractivity contribution is 7.13. The van der Waals surface area contributed by atoms with Crippen LogP contribution in [0, 0.1) is 0 Å². The van der Waals surface area contributed by atoms with Crippen molar-refractivity contribution in [2.75, 3.05) is 7.05 Å². The predicted molar refractivity (Wildman–Crippen MR) is 125 cm³/mol. The minimum Gasteiger partial charge on any atom is -0.481 e. The number of carbonyl (C=O) groups excluding carboxylic acids is 1. The van der Waals surface area contributed by atoms with Gasteiger partial charge in [-0.2, -0.15) is 0 Å². The number of benzene rings is 1. The van der Waals surface area contributed by atoms with E-state index in [1.807, 2.05) is 25.2 Å². The average molecular weight is 450 g/mol. The lowest BCUT2D eigenvalue weighted by Gasteiger charge is -2.16. The summed E-state index contributed by atoms with van der Waals surface area (Å²) in [5, 5.41) is 11.5. The summed E-state index contributed by atoms with van der Waals surface area (Å²) in [6.07, 6.45) is 8.22. The smallest absolute Gasteiger partial charge is 0.303 e. The maximum atomic E-state index is 12.4. The lowest BCUT2D eigenvalue weighted by Crippen LogP contribution is -2.25. The average Bonchev–Trinajstić information content (AvgIpc) is 3.17. The van der Waals surface area contributed by atoms with Crippen LogP contribution >= 0.6 is 22.9 Å². The van der Waals surface area contributed by atoms with Crippen LogP contribution in [-0.2, 0) is 22.6 Å². The molecule has 0 aliphatic rings. The molecule has 1 aromatic carbocycles. The Balaban J connectivity index is 1.86. The third-order valence-corrected chi connectivity index (χ3v) is 6.57. The summed E-state index contributed by atoms with van der Waals surface area (Å²) in [5.74, 6) is -0.628. The number of carboxylic acid groups (broad SMARTS) is 1. The van der Waals surface area contributed by atoms with Crippen molar-refractivity contribution in [3.8, 4) is 10.4 Å². The topological polar surface area (TPSA) is 57.6 Å². The number of hydrogen-bond donors (Lipinski definition) is 1. The molecule has 0 saturated carbocycles. The molecule has 30 heavy (non-hydrogen) atoms. The van der Waals surface area contributed by atoms with E-state index in [4.69, 9.17) is 16.7 Å². The number of nitrogens with zero attached hydrogens (tertiary/aromatic N) is 1. The van der Waals surface area contributed by atoms with E-state index >= 15 is 0 Å². The lowest BCUT2D eigenvalue weighted by atomic mass is 10.1. The highest BCUT2D eigenvalue weighted by atomic mass is 35.5. The number of carbonyl (C=O) groups is 2. The fourth-order valence-corrected chi connectivity index (χ4v) is 4.54. The van der Waals surface area contributed by atoms with Crippen molar-refractivity contribution in [1.29, 1.82) is 0 Å². The zero-order chi connectivity index (χ0) is 21.9. The van der Waals surface area contributed by atoms with Crippen LogP contribution in [-0.4, -0.2) is 28.9 Å². The van der Waals surface area contributed by atoms with Crippen LogP contribution in [0.5, 0.6) is 0 Å². The Morgan fingerprint density at radius 2 is 1.80 bits per heavy atom. The minimum absolute atomic E-state index is 0.0708. The normalized spacial score (nSPS) is 10.9. The van der Waals surface area contributed by atoms with Gasteiger partial charge in [0.15, 0.2) is 0 Å². The molecule has 4 nitrogen and oxygen atoms in total. The molecule has 0 spiro atoms. The van der Waals surface area contributed by atoms with Gasteiger partial charge in [0.1, 0.15) is 0 Å². The van der Waals surface area contributed by atoms with Crippen molar-refractivity contribution in [3.05, 3.63) is 45.8 Å². The summed E-state index contributed by atoms with van der Waals surface area (Å²) in [4.78, 5) is 26.0. The van der Waals surface area contributed by atoms with Crippen molar-refractivity contribution in [1.82, 2.24) is 4.90 Å². The van der Waals surface area contributed by atoms with Gasteiger partial charge in [0, 0.05) is 36.3 Å². The van der Waals surface area contributed by atoms with Gasteiger partial charge < -0.3 is 10.0 Å². The summed E-state index contributed by atoms with van der Waals surface area (Å²) in [6.45, 7) is 2.82. The van der Waals surface area contributed by atoms with Crippen LogP contribution in [0.4, 0.5) is 0 Å². The van der Waals surface area contributed by atoms with Gasteiger partial charge in [0.25, 0.3) is 0 Å². The van der Waals surface area contributed by atoms with Crippen molar-refractivity contribution in [2.45, 2.75) is 71.3 Å². The SMILES string of the molecule is CCCCCCCCC(=O)N(C)Cc1csc(-c2ccc(CCC(=O)O)c(Cl)c2)c1. The first-order valence-electron chi connectivity index (χ1n) is 10.7. The van der Waals surface area contributed by atoms with Crippen molar-refractivity contribution >= 4 is 34.8 Å². The molecule has 0 unspecified atom stereocenters. The molecular weight excluding hydrogens is 418 g/mol. The molecule has 2 aromatic rings. The molecular formula is C24H32ClNO3S. The number of aliphatic carboxylic acids is 1. The van der Waals surface area contributed by atoms with E-state index in [2.05, 4.69) is 18.4 Å². The molecule has 2 rings (SSSR count). The summed E-state index contributed by atoms with van der Waals surface area (Å²) in [7, 11) is 1.87. The van der Waals surface area contributed by atoms with Crippen LogP contribution in [0.15, 0.2) is 29.6 Å². The van der Waals surface area contributed by atoms with Crippen molar-refractivity contribution < 1.29 is 14.7 Å². The second-order valence-electron chi connectivity index (χ2n) is 7.79. The van der Waals surface area contributed by atoms with Gasteiger partial charge in [-0.3, -0.25) is 9.59 Å². The minimum atomic E-state index is -0.826. The van der Waals surface area contributed by atoms with Crippen LogP contribution in [0.1, 0.15) is 69.4 Å². The molecule has 0 bridgehead atoms. The van der Waals surface area contributed by atoms with E-state index in [-0.39, 0.29) is 12.3 Å². The maximum absolute atomic E-state index is 12.4. The number of unbranched alkanes of at least 4 members (excludes halogenated alkanes) is 5. The summed E-state index contributed by atoms with van der Waals surface area (Å²) in [6, 6.07) is 7.87. The number of hydrogen-bond acceptors (Lipinski definition) is 3. The Morgan fingerprint density at radius 1 is 1.07 bits per heavy atom. The van der Waals surface area contributed by atoms with E-state index in [0.29, 0.717) is 24.4 Å². The standard InChI is InChI=1S/C24H32ClNO3S/c1-3-4-5-6-7-8-9-23(27)26(2)16-18-14-22(30-17-18)20-11-10-19(21(25)15-20)12-13-24(28)29/h10-11,14-15,17H,3-9,12-13,16H2,1-2H3,(H,28,29). The summed E-state index contributed by atoms with van der Waals surface area (Å²) >= 11 is 7.97. The Kier molecular flexibility index (Phi) is 10.4. The van der Waals surface area contributed by atoms with Crippen molar-refractivity contribution in [3.63, 3.8) is 0 Å². The maximum Gasteiger partial charge on any atom is 0.303 e. The molecule has 0 fully saturated rings. The highest BCUT2D eigenvalue weighted by Crippen LogP contribution is 2.31. The Bertz CT molecular complexity index is 834. The predicted octanol–water partition coefficient (Wildman–Crippen LogP) is 6.79. The van der Waals surface area contributed by atoms with Gasteiger partial charge in [0.05, 0.1) is 0 Å². The van der Waals surface area contributed by atoms with Crippen LogP contribution in [0.2, 0.25) is 5.02 Å². The summed E-state index contributed by atoms with van der Waals surface area (Å²) in [5.41, 5.74) is 2.97. The monoisotopic (exact) mass is 449 g/mol. The molecule has 1 heterocycles. The van der Waals surface area contributed by atoms with E-state index in [1.54, 1.807) is 16.2 Å². The Labute approximate surface area is 188 Å². The quantitative estimate of drug-likeness (QED) is 0.342. The molecule has 1 amide bonds. The molecule has 0 aliphatic carbocycles. The molecule has 1 N–H and O–H groups in total. The first-order valence-corrected chi connectivity index (χ1v) is 12.0.